The first-order chi connectivity index (χ1) is 15.6. The average Bonchev–Trinajstić information content (AvgIpc) is 3.24. The van der Waals surface area contributed by atoms with Crippen molar-refractivity contribution in [2.45, 2.75) is 56.0 Å². The highest BCUT2D eigenvalue weighted by atomic mass is 32.2. The molecule has 1 aliphatic rings. The van der Waals surface area contributed by atoms with E-state index in [0.29, 0.717) is 16.9 Å². The Kier molecular flexibility index (Phi) is 7.09. The zero-order chi connectivity index (χ0) is 22.5. The largest absolute Gasteiger partial charge is 0.497 e. The number of aromatic nitrogens is 4. The first-order valence-electron chi connectivity index (χ1n) is 11.0. The Hall–Kier alpha value is -2.87. The molecule has 8 heteroatoms. The highest BCUT2D eigenvalue weighted by molar-refractivity contribution is 8.00. The number of amides is 1. The molecule has 3 aromatic rings. The van der Waals surface area contributed by atoms with Gasteiger partial charge in [-0.1, -0.05) is 31.5 Å². The SMILES string of the molecule is COc1ccc(-n2c(SC(C)C(=O)NC3CCCCC3C)nnc2-c2ccncc2)cc1. The van der Waals surface area contributed by atoms with E-state index in [9.17, 15) is 4.79 Å². The number of benzene rings is 1. The average molecular weight is 452 g/mol. The fraction of sp³-hybridized carbons (Fsp3) is 0.417. The van der Waals surface area contributed by atoms with Gasteiger partial charge in [0.05, 0.1) is 12.4 Å². The molecule has 1 amide bonds. The van der Waals surface area contributed by atoms with Crippen molar-refractivity contribution >= 4 is 17.7 Å². The molecule has 168 valence electrons. The van der Waals surface area contributed by atoms with E-state index < -0.39 is 0 Å². The predicted octanol–water partition coefficient (Wildman–Crippen LogP) is 4.51. The molecular formula is C24H29N5O2S. The number of rotatable bonds is 7. The molecule has 1 aromatic carbocycles. The molecule has 0 aliphatic heterocycles. The van der Waals surface area contributed by atoms with Crippen molar-refractivity contribution in [1.82, 2.24) is 25.1 Å². The zero-order valence-corrected chi connectivity index (χ0v) is 19.5. The zero-order valence-electron chi connectivity index (χ0n) is 18.7. The summed E-state index contributed by atoms with van der Waals surface area (Å²) in [5, 5.41) is 12.5. The quantitative estimate of drug-likeness (QED) is 0.532. The van der Waals surface area contributed by atoms with Crippen molar-refractivity contribution in [2.75, 3.05) is 7.11 Å². The third kappa shape index (κ3) is 4.96. The smallest absolute Gasteiger partial charge is 0.233 e. The summed E-state index contributed by atoms with van der Waals surface area (Å²) in [5.41, 5.74) is 1.81. The summed E-state index contributed by atoms with van der Waals surface area (Å²) in [6, 6.07) is 11.8. The molecule has 2 aromatic heterocycles. The third-order valence-electron chi connectivity index (χ3n) is 5.99. The van der Waals surface area contributed by atoms with Crippen molar-refractivity contribution in [1.29, 1.82) is 0 Å². The number of ether oxygens (including phenoxy) is 1. The second kappa shape index (κ2) is 10.2. The summed E-state index contributed by atoms with van der Waals surface area (Å²) in [5.74, 6) is 2.04. The lowest BCUT2D eigenvalue weighted by Gasteiger charge is -2.30. The molecule has 0 radical (unpaired) electrons. The molecule has 32 heavy (non-hydrogen) atoms. The minimum Gasteiger partial charge on any atom is -0.497 e. The van der Waals surface area contributed by atoms with Crippen LogP contribution in [0.25, 0.3) is 17.1 Å². The molecule has 0 spiro atoms. The lowest BCUT2D eigenvalue weighted by atomic mass is 9.86. The van der Waals surface area contributed by atoms with Gasteiger partial charge in [0.2, 0.25) is 5.91 Å². The van der Waals surface area contributed by atoms with Crippen molar-refractivity contribution in [2.24, 2.45) is 5.92 Å². The lowest BCUT2D eigenvalue weighted by molar-refractivity contribution is -0.121. The summed E-state index contributed by atoms with van der Waals surface area (Å²) in [6.45, 7) is 4.15. The van der Waals surface area contributed by atoms with Gasteiger partial charge < -0.3 is 10.1 Å². The number of carbonyl (C=O) groups excluding carboxylic acids is 1. The van der Waals surface area contributed by atoms with Crippen LogP contribution < -0.4 is 10.1 Å². The van der Waals surface area contributed by atoms with Gasteiger partial charge in [-0.2, -0.15) is 0 Å². The Balaban J connectivity index is 1.60. The van der Waals surface area contributed by atoms with E-state index in [4.69, 9.17) is 4.74 Å². The number of pyridine rings is 1. The minimum atomic E-state index is -0.296. The molecule has 0 saturated heterocycles. The molecule has 0 bridgehead atoms. The summed E-state index contributed by atoms with van der Waals surface area (Å²) < 4.78 is 7.28. The normalized spacial score (nSPS) is 19.3. The lowest BCUT2D eigenvalue weighted by Crippen LogP contribution is -2.44. The van der Waals surface area contributed by atoms with E-state index in [2.05, 4.69) is 27.4 Å². The maximum absolute atomic E-state index is 13.0. The van der Waals surface area contributed by atoms with Crippen LogP contribution in [0.5, 0.6) is 5.75 Å². The monoisotopic (exact) mass is 451 g/mol. The van der Waals surface area contributed by atoms with Gasteiger partial charge in [-0.3, -0.25) is 14.3 Å². The van der Waals surface area contributed by atoms with Gasteiger partial charge in [-0.25, -0.2) is 0 Å². The van der Waals surface area contributed by atoms with Gasteiger partial charge in [-0.15, -0.1) is 10.2 Å². The number of hydrogen-bond donors (Lipinski definition) is 1. The fourth-order valence-electron chi connectivity index (χ4n) is 4.04. The topological polar surface area (TPSA) is 81.9 Å². The highest BCUT2D eigenvalue weighted by Gasteiger charge is 2.27. The minimum absolute atomic E-state index is 0.0449. The maximum atomic E-state index is 13.0. The van der Waals surface area contributed by atoms with Crippen molar-refractivity contribution in [3.8, 4) is 22.8 Å². The van der Waals surface area contributed by atoms with Gasteiger partial charge in [0.1, 0.15) is 5.75 Å². The van der Waals surface area contributed by atoms with Crippen LogP contribution in [0.2, 0.25) is 0 Å². The Morgan fingerprint density at radius 3 is 2.53 bits per heavy atom. The molecule has 1 aliphatic carbocycles. The Labute approximate surface area is 193 Å². The molecule has 1 N–H and O–H groups in total. The molecule has 1 fully saturated rings. The van der Waals surface area contributed by atoms with Crippen LogP contribution in [0.1, 0.15) is 39.5 Å². The first-order valence-corrected chi connectivity index (χ1v) is 11.9. The van der Waals surface area contributed by atoms with E-state index >= 15 is 0 Å². The van der Waals surface area contributed by atoms with Gasteiger partial charge in [0.25, 0.3) is 0 Å². The Morgan fingerprint density at radius 2 is 1.84 bits per heavy atom. The van der Waals surface area contributed by atoms with Crippen molar-refractivity contribution in [3.63, 3.8) is 0 Å². The molecule has 3 unspecified atom stereocenters. The van der Waals surface area contributed by atoms with Crippen molar-refractivity contribution in [3.05, 3.63) is 48.8 Å². The molecule has 4 rings (SSSR count). The van der Waals surface area contributed by atoms with Crippen LogP contribution in [-0.2, 0) is 4.79 Å². The number of hydrogen-bond acceptors (Lipinski definition) is 6. The predicted molar refractivity (Wildman–Crippen MR) is 126 cm³/mol. The van der Waals surface area contributed by atoms with Gasteiger partial charge >= 0.3 is 0 Å². The van der Waals surface area contributed by atoms with Crippen LogP contribution in [-0.4, -0.2) is 44.1 Å². The molecular weight excluding hydrogens is 422 g/mol. The summed E-state index contributed by atoms with van der Waals surface area (Å²) >= 11 is 1.42. The Morgan fingerprint density at radius 1 is 1.12 bits per heavy atom. The number of thioether (sulfide) groups is 1. The number of nitrogens with one attached hydrogen (secondary N) is 1. The maximum Gasteiger partial charge on any atom is 0.233 e. The van der Waals surface area contributed by atoms with Crippen LogP contribution in [0, 0.1) is 5.92 Å². The van der Waals surface area contributed by atoms with Crippen LogP contribution in [0.4, 0.5) is 0 Å². The van der Waals surface area contributed by atoms with E-state index in [1.54, 1.807) is 19.5 Å². The fourth-order valence-corrected chi connectivity index (χ4v) is 4.92. The van der Waals surface area contributed by atoms with E-state index in [0.717, 1.165) is 23.4 Å². The molecule has 2 heterocycles. The van der Waals surface area contributed by atoms with Crippen LogP contribution in [0.3, 0.4) is 0 Å². The first kappa shape index (κ1) is 22.3. The van der Waals surface area contributed by atoms with E-state index in [1.165, 1.54) is 31.0 Å². The highest BCUT2D eigenvalue weighted by Crippen LogP contribution is 2.31. The van der Waals surface area contributed by atoms with E-state index in [1.807, 2.05) is 47.9 Å². The molecule has 3 atom stereocenters. The van der Waals surface area contributed by atoms with Crippen molar-refractivity contribution < 1.29 is 9.53 Å². The summed E-state index contributed by atoms with van der Waals surface area (Å²) in [7, 11) is 1.64. The third-order valence-corrected chi connectivity index (χ3v) is 7.04. The van der Waals surface area contributed by atoms with Crippen LogP contribution in [0.15, 0.2) is 53.9 Å². The van der Waals surface area contributed by atoms with Crippen LogP contribution >= 0.6 is 11.8 Å². The second-order valence-electron chi connectivity index (χ2n) is 8.21. The van der Waals surface area contributed by atoms with Gasteiger partial charge in [0.15, 0.2) is 11.0 Å². The number of methoxy groups -OCH3 is 1. The second-order valence-corrected chi connectivity index (χ2v) is 9.52. The molecule has 7 nitrogen and oxygen atoms in total. The van der Waals surface area contributed by atoms with Gasteiger partial charge in [-0.05, 0) is 62.1 Å². The van der Waals surface area contributed by atoms with Gasteiger partial charge in [0, 0.05) is 29.7 Å². The summed E-state index contributed by atoms with van der Waals surface area (Å²) in [6.07, 6.45) is 8.12. The standard InChI is InChI=1S/C24H29N5O2S/c1-16-6-4-5-7-21(16)26-23(30)17(2)32-24-28-27-22(18-12-14-25-15-13-18)29(24)19-8-10-20(31-3)11-9-19/h8-17,21H,4-7H2,1-3H3,(H,26,30). The van der Waals surface area contributed by atoms with E-state index in [-0.39, 0.29) is 17.2 Å². The summed E-state index contributed by atoms with van der Waals surface area (Å²) in [4.78, 5) is 17.1. The Bertz CT molecular complexity index is 1040. The number of nitrogens with zero attached hydrogens (tertiary/aromatic N) is 4. The number of carbonyl (C=O) groups is 1. The molecule has 1 saturated carbocycles.